The standard InChI is InChI=1S/C22H30N6/c1-3-23-20(26-17-22(9-10-22)19-8-5-4-7-18(19)2)27-13-15-28(16-14-27)21-24-11-6-12-25-21/h4-8,11-12H,3,9-10,13-17H2,1-2H3,(H,23,26). The summed E-state index contributed by atoms with van der Waals surface area (Å²) in [5, 5.41) is 3.50. The second-order valence-corrected chi connectivity index (χ2v) is 7.79. The molecule has 2 heterocycles. The van der Waals surface area contributed by atoms with E-state index in [0.29, 0.717) is 0 Å². The van der Waals surface area contributed by atoms with Crippen LogP contribution in [0.1, 0.15) is 30.9 Å². The Morgan fingerprint density at radius 1 is 1.07 bits per heavy atom. The Hall–Kier alpha value is -2.63. The highest BCUT2D eigenvalue weighted by molar-refractivity contribution is 5.80. The van der Waals surface area contributed by atoms with E-state index < -0.39 is 0 Å². The van der Waals surface area contributed by atoms with Crippen LogP contribution < -0.4 is 10.2 Å². The van der Waals surface area contributed by atoms with Gasteiger partial charge in [-0.05, 0) is 43.9 Å². The second kappa shape index (κ2) is 8.17. The van der Waals surface area contributed by atoms with Crippen LogP contribution in [-0.2, 0) is 5.41 Å². The van der Waals surface area contributed by atoms with E-state index in [2.05, 4.69) is 63.2 Å². The van der Waals surface area contributed by atoms with Crippen molar-refractivity contribution in [2.45, 2.75) is 32.1 Å². The summed E-state index contributed by atoms with van der Waals surface area (Å²) in [7, 11) is 0. The lowest BCUT2D eigenvalue weighted by molar-refractivity contribution is 0.369. The third-order valence-corrected chi connectivity index (χ3v) is 5.85. The van der Waals surface area contributed by atoms with Gasteiger partial charge in [0.05, 0.1) is 6.54 Å². The molecule has 0 radical (unpaired) electrons. The zero-order valence-electron chi connectivity index (χ0n) is 16.9. The Labute approximate surface area is 167 Å². The van der Waals surface area contributed by atoms with Crippen LogP contribution in [0.5, 0.6) is 0 Å². The lowest BCUT2D eigenvalue weighted by Crippen LogP contribution is -2.53. The zero-order chi connectivity index (χ0) is 19.4. The largest absolute Gasteiger partial charge is 0.357 e. The first-order valence-electron chi connectivity index (χ1n) is 10.3. The average molecular weight is 379 g/mol. The number of hydrogen-bond acceptors (Lipinski definition) is 4. The molecule has 1 aliphatic heterocycles. The summed E-state index contributed by atoms with van der Waals surface area (Å²) < 4.78 is 0. The summed E-state index contributed by atoms with van der Waals surface area (Å²) in [6.07, 6.45) is 6.08. The van der Waals surface area contributed by atoms with Crippen LogP contribution in [0.2, 0.25) is 0 Å². The van der Waals surface area contributed by atoms with Gasteiger partial charge in [-0.1, -0.05) is 24.3 Å². The normalized spacial score (nSPS) is 18.9. The number of benzene rings is 1. The summed E-state index contributed by atoms with van der Waals surface area (Å²) in [5.74, 6) is 1.86. The fourth-order valence-corrected chi connectivity index (χ4v) is 4.06. The quantitative estimate of drug-likeness (QED) is 0.640. The number of nitrogens with one attached hydrogen (secondary N) is 1. The minimum absolute atomic E-state index is 0.242. The number of piperazine rings is 1. The highest BCUT2D eigenvalue weighted by atomic mass is 15.4. The molecule has 4 rings (SSSR count). The van der Waals surface area contributed by atoms with Gasteiger partial charge in [0.2, 0.25) is 5.95 Å². The van der Waals surface area contributed by atoms with Crippen LogP contribution >= 0.6 is 0 Å². The molecule has 1 aromatic carbocycles. The summed E-state index contributed by atoms with van der Waals surface area (Å²) in [4.78, 5) is 18.4. The molecule has 1 saturated carbocycles. The van der Waals surface area contributed by atoms with Gasteiger partial charge < -0.3 is 15.1 Å². The molecule has 0 amide bonds. The van der Waals surface area contributed by atoms with Crippen LogP contribution in [0.4, 0.5) is 5.95 Å². The lowest BCUT2D eigenvalue weighted by atomic mass is 9.92. The molecule has 0 spiro atoms. The molecule has 2 fully saturated rings. The summed E-state index contributed by atoms with van der Waals surface area (Å²) in [5.41, 5.74) is 3.10. The van der Waals surface area contributed by atoms with Gasteiger partial charge in [0.25, 0.3) is 0 Å². The molecule has 1 N–H and O–H groups in total. The number of aryl methyl sites for hydroxylation is 1. The summed E-state index contributed by atoms with van der Waals surface area (Å²) in [6, 6.07) is 10.6. The Morgan fingerprint density at radius 3 is 2.43 bits per heavy atom. The van der Waals surface area contributed by atoms with E-state index in [4.69, 9.17) is 4.99 Å². The maximum Gasteiger partial charge on any atom is 0.225 e. The van der Waals surface area contributed by atoms with Crippen molar-refractivity contribution < 1.29 is 0 Å². The maximum absolute atomic E-state index is 5.07. The van der Waals surface area contributed by atoms with Crippen LogP contribution in [0.15, 0.2) is 47.7 Å². The minimum Gasteiger partial charge on any atom is -0.357 e. The Kier molecular flexibility index (Phi) is 5.46. The molecule has 0 atom stereocenters. The maximum atomic E-state index is 5.07. The molecule has 1 aromatic heterocycles. The molecule has 0 bridgehead atoms. The fourth-order valence-electron chi connectivity index (χ4n) is 4.06. The highest BCUT2D eigenvalue weighted by Crippen LogP contribution is 2.49. The molecular formula is C22H30N6. The summed E-state index contributed by atoms with van der Waals surface area (Å²) in [6.45, 7) is 9.80. The highest BCUT2D eigenvalue weighted by Gasteiger charge is 2.45. The van der Waals surface area contributed by atoms with Gasteiger partial charge in [-0.2, -0.15) is 0 Å². The number of nitrogens with zero attached hydrogens (tertiary/aromatic N) is 5. The molecule has 1 saturated heterocycles. The van der Waals surface area contributed by atoms with Crippen LogP contribution in [0, 0.1) is 6.92 Å². The van der Waals surface area contributed by atoms with Crippen LogP contribution in [-0.4, -0.2) is 60.1 Å². The van der Waals surface area contributed by atoms with Crippen molar-refractivity contribution in [2.75, 3.05) is 44.2 Å². The smallest absolute Gasteiger partial charge is 0.225 e. The van der Waals surface area contributed by atoms with Crippen LogP contribution in [0.25, 0.3) is 0 Å². The molecule has 2 aliphatic rings. The first-order chi connectivity index (χ1) is 13.7. The van der Waals surface area contributed by atoms with Gasteiger partial charge in [0.15, 0.2) is 5.96 Å². The Morgan fingerprint density at radius 2 is 1.79 bits per heavy atom. The topological polar surface area (TPSA) is 56.7 Å². The molecule has 1 aliphatic carbocycles. The minimum atomic E-state index is 0.242. The third-order valence-electron chi connectivity index (χ3n) is 5.85. The average Bonchev–Trinajstić information content (AvgIpc) is 3.53. The van der Waals surface area contributed by atoms with Crippen molar-refractivity contribution in [3.8, 4) is 0 Å². The number of rotatable bonds is 5. The van der Waals surface area contributed by atoms with Gasteiger partial charge in [-0.25, -0.2) is 9.97 Å². The number of aromatic nitrogens is 2. The van der Waals surface area contributed by atoms with E-state index >= 15 is 0 Å². The van der Waals surface area contributed by atoms with E-state index in [1.807, 2.05) is 6.07 Å². The van der Waals surface area contributed by atoms with E-state index in [-0.39, 0.29) is 5.41 Å². The van der Waals surface area contributed by atoms with E-state index in [0.717, 1.165) is 51.2 Å². The third kappa shape index (κ3) is 3.96. The van der Waals surface area contributed by atoms with Gasteiger partial charge in [0, 0.05) is 50.5 Å². The van der Waals surface area contributed by atoms with Crippen molar-refractivity contribution >= 4 is 11.9 Å². The van der Waals surface area contributed by atoms with E-state index in [1.165, 1.54) is 24.0 Å². The van der Waals surface area contributed by atoms with Crippen molar-refractivity contribution in [3.63, 3.8) is 0 Å². The molecule has 6 heteroatoms. The van der Waals surface area contributed by atoms with Crippen molar-refractivity contribution in [1.82, 2.24) is 20.2 Å². The molecular weight excluding hydrogens is 348 g/mol. The number of guanidine groups is 1. The van der Waals surface area contributed by atoms with Crippen molar-refractivity contribution in [2.24, 2.45) is 4.99 Å². The van der Waals surface area contributed by atoms with E-state index in [9.17, 15) is 0 Å². The van der Waals surface area contributed by atoms with Gasteiger partial charge >= 0.3 is 0 Å². The molecule has 0 unspecified atom stereocenters. The Bertz CT molecular complexity index is 807. The fraction of sp³-hybridized carbons (Fsp3) is 0.500. The van der Waals surface area contributed by atoms with Gasteiger partial charge in [0.1, 0.15) is 0 Å². The monoisotopic (exact) mass is 378 g/mol. The second-order valence-electron chi connectivity index (χ2n) is 7.79. The Balaban J connectivity index is 1.43. The van der Waals surface area contributed by atoms with E-state index in [1.54, 1.807) is 12.4 Å². The predicted octanol–water partition coefficient (Wildman–Crippen LogP) is 2.60. The molecule has 2 aromatic rings. The van der Waals surface area contributed by atoms with Crippen molar-refractivity contribution in [3.05, 3.63) is 53.9 Å². The first-order valence-corrected chi connectivity index (χ1v) is 10.3. The van der Waals surface area contributed by atoms with Gasteiger partial charge in [-0.3, -0.25) is 4.99 Å². The molecule has 28 heavy (non-hydrogen) atoms. The van der Waals surface area contributed by atoms with Crippen molar-refractivity contribution in [1.29, 1.82) is 0 Å². The SMILES string of the molecule is CCNC(=NCC1(c2ccccc2C)CC1)N1CCN(c2ncccn2)CC1. The summed E-state index contributed by atoms with van der Waals surface area (Å²) >= 11 is 0. The predicted molar refractivity (Wildman–Crippen MR) is 114 cm³/mol. The number of anilines is 1. The number of aliphatic imine (C=N–C) groups is 1. The number of hydrogen-bond donors (Lipinski definition) is 1. The van der Waals surface area contributed by atoms with Crippen LogP contribution in [0.3, 0.4) is 0 Å². The lowest BCUT2D eigenvalue weighted by Gasteiger charge is -2.36. The molecule has 6 nitrogen and oxygen atoms in total. The van der Waals surface area contributed by atoms with Gasteiger partial charge in [-0.15, -0.1) is 0 Å². The molecule has 148 valence electrons. The first kappa shape index (κ1) is 18.7. The zero-order valence-corrected chi connectivity index (χ0v) is 16.9.